The minimum atomic E-state index is -0.0806. The Balaban J connectivity index is 1.46. The van der Waals surface area contributed by atoms with Crippen LogP contribution in [0.2, 0.25) is 5.02 Å². The number of carbonyl (C=O) groups is 1. The molecule has 3 rings (SSSR count). The highest BCUT2D eigenvalue weighted by atomic mass is 35.5. The zero-order valence-electron chi connectivity index (χ0n) is 16.3. The van der Waals surface area contributed by atoms with Crippen molar-refractivity contribution in [2.45, 2.75) is 19.3 Å². The molecule has 0 bridgehead atoms. The van der Waals surface area contributed by atoms with Crippen LogP contribution in [-0.2, 0) is 17.6 Å². The molecule has 0 saturated carbocycles. The van der Waals surface area contributed by atoms with Crippen LogP contribution in [0, 0.1) is 0 Å². The fourth-order valence-corrected chi connectivity index (χ4v) is 3.02. The first-order chi connectivity index (χ1) is 14.1. The number of benzene rings is 2. The van der Waals surface area contributed by atoms with Gasteiger partial charge in [0.05, 0.1) is 19.2 Å². The van der Waals surface area contributed by atoms with Crippen LogP contribution in [0.1, 0.15) is 17.9 Å². The van der Waals surface area contributed by atoms with E-state index in [4.69, 9.17) is 25.6 Å². The lowest BCUT2D eigenvalue weighted by atomic mass is 10.1. The Bertz CT molecular complexity index is 974. The molecule has 0 radical (unpaired) electrons. The first-order valence-corrected chi connectivity index (χ1v) is 9.53. The third kappa shape index (κ3) is 5.48. The van der Waals surface area contributed by atoms with Gasteiger partial charge in [0.15, 0.2) is 11.5 Å². The molecular weight excluding hydrogens is 394 g/mol. The van der Waals surface area contributed by atoms with E-state index in [1.165, 1.54) is 0 Å². The van der Waals surface area contributed by atoms with E-state index in [1.54, 1.807) is 20.3 Å². The highest BCUT2D eigenvalue weighted by molar-refractivity contribution is 6.33. The number of rotatable bonds is 9. The minimum Gasteiger partial charge on any atom is -0.493 e. The lowest BCUT2D eigenvalue weighted by molar-refractivity contribution is -0.121. The van der Waals surface area contributed by atoms with Gasteiger partial charge in [0, 0.05) is 24.9 Å². The maximum Gasteiger partial charge on any atom is 0.227 e. The van der Waals surface area contributed by atoms with Crippen molar-refractivity contribution < 1.29 is 18.8 Å². The third-order valence-electron chi connectivity index (χ3n) is 4.33. The number of aromatic nitrogens is 2. The van der Waals surface area contributed by atoms with E-state index in [-0.39, 0.29) is 12.3 Å². The molecule has 3 aromatic rings. The molecule has 0 aliphatic carbocycles. The SMILES string of the molecule is COc1ccc(CCNC(=O)CCc2nc(-c3ccccc3Cl)no2)cc1OC. The first kappa shape index (κ1) is 20.7. The molecule has 152 valence electrons. The van der Waals surface area contributed by atoms with E-state index in [1.807, 2.05) is 36.4 Å². The summed E-state index contributed by atoms with van der Waals surface area (Å²) in [5.74, 6) is 2.08. The van der Waals surface area contributed by atoms with E-state index in [0.29, 0.717) is 53.2 Å². The number of methoxy groups -OCH3 is 2. The zero-order valence-corrected chi connectivity index (χ0v) is 17.0. The standard InChI is InChI=1S/C21H22ClN3O4/c1-27-17-8-7-14(13-18(17)28-2)11-12-23-19(26)9-10-20-24-21(25-29-20)15-5-3-4-6-16(15)22/h3-8,13H,9-12H2,1-2H3,(H,23,26). The van der Waals surface area contributed by atoms with Crippen molar-refractivity contribution in [3.8, 4) is 22.9 Å². The number of ether oxygens (including phenoxy) is 2. The molecule has 29 heavy (non-hydrogen) atoms. The molecule has 1 amide bonds. The maximum atomic E-state index is 12.1. The first-order valence-electron chi connectivity index (χ1n) is 9.15. The topological polar surface area (TPSA) is 86.5 Å². The number of carbonyl (C=O) groups excluding carboxylic acids is 1. The van der Waals surface area contributed by atoms with Crippen LogP contribution in [-0.4, -0.2) is 36.8 Å². The van der Waals surface area contributed by atoms with Gasteiger partial charge in [-0.15, -0.1) is 0 Å². The van der Waals surface area contributed by atoms with Crippen molar-refractivity contribution in [2.75, 3.05) is 20.8 Å². The van der Waals surface area contributed by atoms with Gasteiger partial charge in [-0.25, -0.2) is 0 Å². The van der Waals surface area contributed by atoms with Gasteiger partial charge in [-0.3, -0.25) is 4.79 Å². The van der Waals surface area contributed by atoms with Crippen LogP contribution in [0.25, 0.3) is 11.4 Å². The van der Waals surface area contributed by atoms with E-state index in [0.717, 1.165) is 5.56 Å². The van der Waals surface area contributed by atoms with E-state index >= 15 is 0 Å². The number of nitrogens with zero attached hydrogens (tertiary/aromatic N) is 2. The summed E-state index contributed by atoms with van der Waals surface area (Å²) in [4.78, 5) is 16.4. The second-order valence-electron chi connectivity index (χ2n) is 6.28. The summed E-state index contributed by atoms with van der Waals surface area (Å²) in [6, 6.07) is 13.0. The molecule has 1 aromatic heterocycles. The van der Waals surface area contributed by atoms with Crippen LogP contribution in [0.4, 0.5) is 0 Å². The fourth-order valence-electron chi connectivity index (χ4n) is 2.80. The molecule has 0 unspecified atom stereocenters. The van der Waals surface area contributed by atoms with Crippen LogP contribution in [0.15, 0.2) is 47.0 Å². The van der Waals surface area contributed by atoms with Crippen molar-refractivity contribution in [1.82, 2.24) is 15.5 Å². The van der Waals surface area contributed by atoms with Gasteiger partial charge in [-0.05, 0) is 36.2 Å². The molecule has 0 aliphatic heterocycles. The van der Waals surface area contributed by atoms with Gasteiger partial charge in [-0.1, -0.05) is 35.0 Å². The fraction of sp³-hybridized carbons (Fsp3) is 0.286. The molecule has 8 heteroatoms. The summed E-state index contributed by atoms with van der Waals surface area (Å²) in [6.07, 6.45) is 1.30. The average Bonchev–Trinajstić information content (AvgIpc) is 3.21. The molecule has 0 atom stereocenters. The van der Waals surface area contributed by atoms with Crippen LogP contribution in [0.3, 0.4) is 0 Å². The van der Waals surface area contributed by atoms with Gasteiger partial charge in [0.1, 0.15) is 0 Å². The molecule has 1 heterocycles. The van der Waals surface area contributed by atoms with Crippen molar-refractivity contribution in [1.29, 1.82) is 0 Å². The van der Waals surface area contributed by atoms with Crippen molar-refractivity contribution in [3.05, 3.63) is 58.9 Å². The number of hydrogen-bond donors (Lipinski definition) is 1. The monoisotopic (exact) mass is 415 g/mol. The van der Waals surface area contributed by atoms with Gasteiger partial charge in [0.2, 0.25) is 17.6 Å². The molecule has 2 aromatic carbocycles. The Morgan fingerprint density at radius 3 is 2.66 bits per heavy atom. The van der Waals surface area contributed by atoms with Gasteiger partial charge >= 0.3 is 0 Å². The second kappa shape index (κ2) is 9.93. The van der Waals surface area contributed by atoms with Gasteiger partial charge in [-0.2, -0.15) is 4.98 Å². The second-order valence-corrected chi connectivity index (χ2v) is 6.69. The number of halogens is 1. The van der Waals surface area contributed by atoms with Crippen molar-refractivity contribution >= 4 is 17.5 Å². The lowest BCUT2D eigenvalue weighted by Crippen LogP contribution is -2.25. The molecule has 0 saturated heterocycles. The smallest absolute Gasteiger partial charge is 0.227 e. The highest BCUT2D eigenvalue weighted by Crippen LogP contribution is 2.27. The van der Waals surface area contributed by atoms with Crippen LogP contribution >= 0.6 is 11.6 Å². The molecule has 0 spiro atoms. The Morgan fingerprint density at radius 2 is 1.90 bits per heavy atom. The van der Waals surface area contributed by atoms with Gasteiger partial charge < -0.3 is 19.3 Å². The van der Waals surface area contributed by atoms with E-state index in [2.05, 4.69) is 15.5 Å². The summed E-state index contributed by atoms with van der Waals surface area (Å²) < 4.78 is 15.7. The Morgan fingerprint density at radius 1 is 1.10 bits per heavy atom. The summed E-state index contributed by atoms with van der Waals surface area (Å²) in [5, 5.41) is 7.38. The molecule has 0 fully saturated rings. The number of aryl methyl sites for hydroxylation is 1. The average molecular weight is 416 g/mol. The predicted molar refractivity (Wildman–Crippen MR) is 109 cm³/mol. The Kier molecular flexibility index (Phi) is 7.08. The van der Waals surface area contributed by atoms with Crippen LogP contribution < -0.4 is 14.8 Å². The maximum absolute atomic E-state index is 12.1. The predicted octanol–water partition coefficient (Wildman–Crippen LogP) is 3.70. The lowest BCUT2D eigenvalue weighted by Gasteiger charge is -2.10. The normalized spacial score (nSPS) is 10.6. The van der Waals surface area contributed by atoms with E-state index in [9.17, 15) is 4.79 Å². The molecule has 0 aliphatic rings. The quantitative estimate of drug-likeness (QED) is 0.573. The molecule has 1 N–H and O–H groups in total. The Labute approximate surface area is 174 Å². The van der Waals surface area contributed by atoms with E-state index < -0.39 is 0 Å². The Hall–Kier alpha value is -3.06. The minimum absolute atomic E-state index is 0.0806. The largest absolute Gasteiger partial charge is 0.493 e. The third-order valence-corrected chi connectivity index (χ3v) is 4.66. The highest BCUT2D eigenvalue weighted by Gasteiger charge is 2.13. The summed E-state index contributed by atoms with van der Waals surface area (Å²) in [7, 11) is 3.19. The summed E-state index contributed by atoms with van der Waals surface area (Å²) in [6.45, 7) is 0.517. The van der Waals surface area contributed by atoms with Crippen molar-refractivity contribution in [3.63, 3.8) is 0 Å². The molecular formula is C21H22ClN3O4. The number of amides is 1. The number of nitrogens with one attached hydrogen (secondary N) is 1. The van der Waals surface area contributed by atoms with Crippen LogP contribution in [0.5, 0.6) is 11.5 Å². The summed E-state index contributed by atoms with van der Waals surface area (Å²) >= 11 is 6.14. The molecule has 7 nitrogen and oxygen atoms in total. The van der Waals surface area contributed by atoms with Crippen molar-refractivity contribution in [2.24, 2.45) is 0 Å². The summed E-state index contributed by atoms with van der Waals surface area (Å²) in [5.41, 5.74) is 1.74. The number of hydrogen-bond acceptors (Lipinski definition) is 6. The van der Waals surface area contributed by atoms with Gasteiger partial charge in [0.25, 0.3) is 0 Å². The zero-order chi connectivity index (χ0) is 20.6.